The number of carbonyl (C=O) groups is 3. The summed E-state index contributed by atoms with van der Waals surface area (Å²) in [6.45, 7) is -0.0210. The van der Waals surface area contributed by atoms with Crippen LogP contribution in [0, 0.1) is 0 Å². The highest BCUT2D eigenvalue weighted by molar-refractivity contribution is 6.42. The Morgan fingerprint density at radius 1 is 1.11 bits per heavy atom. The van der Waals surface area contributed by atoms with E-state index in [2.05, 4.69) is 10.6 Å². The molecule has 0 aliphatic carbocycles. The number of ether oxygens (including phenoxy) is 1. The van der Waals surface area contributed by atoms with Gasteiger partial charge in [0.05, 0.1) is 16.6 Å². The molecule has 3 rings (SSSR count). The van der Waals surface area contributed by atoms with Crippen molar-refractivity contribution in [2.24, 2.45) is 0 Å². The van der Waals surface area contributed by atoms with E-state index >= 15 is 0 Å². The molecule has 3 N–H and O–H groups in total. The van der Waals surface area contributed by atoms with E-state index in [1.165, 1.54) is 23.1 Å². The minimum absolute atomic E-state index is 0.0210. The number of hydrogen-bond donors (Lipinski definition) is 3. The van der Waals surface area contributed by atoms with Gasteiger partial charge < -0.3 is 25.4 Å². The van der Waals surface area contributed by atoms with E-state index in [0.29, 0.717) is 16.4 Å². The molecule has 10 heteroatoms. The van der Waals surface area contributed by atoms with Crippen LogP contribution >= 0.6 is 23.2 Å². The average molecular weight is 424 g/mol. The third kappa shape index (κ3) is 4.47. The summed E-state index contributed by atoms with van der Waals surface area (Å²) in [5.74, 6) is -0.485. The number of benzene rings is 2. The molecule has 0 unspecified atom stereocenters. The number of nitrogens with zero attached hydrogens (tertiary/aromatic N) is 1. The highest BCUT2D eigenvalue weighted by Gasteiger charge is 2.44. The lowest BCUT2D eigenvalue weighted by Gasteiger charge is -2.17. The molecule has 1 heterocycles. The molecule has 0 spiro atoms. The number of anilines is 2. The van der Waals surface area contributed by atoms with Crippen LogP contribution in [0.4, 0.5) is 21.0 Å². The number of urea groups is 1. The van der Waals surface area contributed by atoms with Crippen LogP contribution in [-0.2, 0) is 9.53 Å². The van der Waals surface area contributed by atoms with Gasteiger partial charge in [-0.25, -0.2) is 9.59 Å². The van der Waals surface area contributed by atoms with Crippen LogP contribution in [0.2, 0.25) is 10.0 Å². The number of amides is 3. The molecule has 2 aromatic carbocycles. The monoisotopic (exact) mass is 423 g/mol. The SMILES string of the molecule is O=C(Nc1ccc(Cl)c(Cl)c1)N[C@H]1C(=O)N(c2ccccc2)C[C@@H]1OC(=O)O. The van der Waals surface area contributed by atoms with Gasteiger partial charge >= 0.3 is 12.2 Å². The maximum absolute atomic E-state index is 12.8. The lowest BCUT2D eigenvalue weighted by Crippen LogP contribution is -2.48. The molecule has 146 valence electrons. The zero-order valence-electron chi connectivity index (χ0n) is 14.3. The second-order valence-electron chi connectivity index (χ2n) is 5.91. The molecule has 0 aromatic heterocycles. The van der Waals surface area contributed by atoms with E-state index in [0.717, 1.165) is 0 Å². The van der Waals surface area contributed by atoms with Crippen molar-refractivity contribution in [2.75, 3.05) is 16.8 Å². The van der Waals surface area contributed by atoms with Crippen LogP contribution in [0.3, 0.4) is 0 Å². The standard InChI is InChI=1S/C18H15Cl2N3O5/c19-12-7-6-10(8-13(12)20)21-17(25)22-15-14(28-18(26)27)9-23(16(15)24)11-4-2-1-3-5-11/h1-8,14-15H,9H2,(H,26,27)(H2,21,22,25)/t14-,15+/m0/s1. The first kappa shape index (κ1) is 19.8. The number of halogens is 2. The minimum Gasteiger partial charge on any atom is -0.450 e. The Hall–Kier alpha value is -2.97. The van der Waals surface area contributed by atoms with E-state index in [-0.39, 0.29) is 11.6 Å². The van der Waals surface area contributed by atoms with Crippen LogP contribution in [0.25, 0.3) is 0 Å². The Kier molecular flexibility index (Phi) is 5.91. The fourth-order valence-electron chi connectivity index (χ4n) is 2.81. The maximum atomic E-state index is 12.8. The van der Waals surface area contributed by atoms with E-state index in [1.54, 1.807) is 30.3 Å². The van der Waals surface area contributed by atoms with Crippen LogP contribution < -0.4 is 15.5 Å². The van der Waals surface area contributed by atoms with E-state index in [4.69, 9.17) is 33.0 Å². The molecule has 1 aliphatic rings. The van der Waals surface area contributed by atoms with Gasteiger partial charge in [0.1, 0.15) is 6.04 Å². The van der Waals surface area contributed by atoms with E-state index < -0.39 is 30.2 Å². The summed E-state index contributed by atoms with van der Waals surface area (Å²) in [6.07, 6.45) is -2.60. The van der Waals surface area contributed by atoms with Gasteiger partial charge in [0.15, 0.2) is 6.10 Å². The van der Waals surface area contributed by atoms with E-state index in [9.17, 15) is 14.4 Å². The normalized spacial score (nSPS) is 18.6. The van der Waals surface area contributed by atoms with Gasteiger partial charge in [-0.15, -0.1) is 0 Å². The second-order valence-corrected chi connectivity index (χ2v) is 6.73. The fraction of sp³-hybridized carbons (Fsp3) is 0.167. The Morgan fingerprint density at radius 2 is 1.82 bits per heavy atom. The first-order valence-corrected chi connectivity index (χ1v) is 8.89. The number of para-hydroxylation sites is 1. The van der Waals surface area contributed by atoms with Crippen molar-refractivity contribution < 1.29 is 24.2 Å². The zero-order chi connectivity index (χ0) is 20.3. The molecule has 1 saturated heterocycles. The van der Waals surface area contributed by atoms with Crippen molar-refractivity contribution >= 4 is 52.7 Å². The van der Waals surface area contributed by atoms with E-state index in [1.807, 2.05) is 0 Å². The largest absolute Gasteiger partial charge is 0.506 e. The second kappa shape index (κ2) is 8.37. The maximum Gasteiger partial charge on any atom is 0.506 e. The summed E-state index contributed by atoms with van der Waals surface area (Å²) in [7, 11) is 0. The fourth-order valence-corrected chi connectivity index (χ4v) is 3.11. The lowest BCUT2D eigenvalue weighted by molar-refractivity contribution is -0.119. The Morgan fingerprint density at radius 3 is 2.46 bits per heavy atom. The summed E-state index contributed by atoms with van der Waals surface area (Å²) < 4.78 is 4.80. The zero-order valence-corrected chi connectivity index (χ0v) is 15.8. The van der Waals surface area contributed by atoms with Crippen molar-refractivity contribution in [1.82, 2.24) is 5.32 Å². The van der Waals surface area contributed by atoms with Crippen molar-refractivity contribution in [2.45, 2.75) is 12.1 Å². The Balaban J connectivity index is 1.75. The number of nitrogens with one attached hydrogen (secondary N) is 2. The van der Waals surface area contributed by atoms with Gasteiger partial charge in [0.2, 0.25) is 0 Å². The molecule has 1 aliphatic heterocycles. The van der Waals surface area contributed by atoms with Crippen LogP contribution in [0.1, 0.15) is 0 Å². The van der Waals surface area contributed by atoms with Gasteiger partial charge in [-0.1, -0.05) is 41.4 Å². The third-order valence-electron chi connectivity index (χ3n) is 4.05. The van der Waals surface area contributed by atoms with Gasteiger partial charge in [-0.05, 0) is 30.3 Å². The lowest BCUT2D eigenvalue weighted by atomic mass is 10.2. The Labute approximate surface area is 170 Å². The molecule has 28 heavy (non-hydrogen) atoms. The van der Waals surface area contributed by atoms with Gasteiger partial charge in [0.25, 0.3) is 5.91 Å². The summed E-state index contributed by atoms with van der Waals surface area (Å²) in [6, 6.07) is 11.3. The predicted octanol–water partition coefficient (Wildman–Crippen LogP) is 3.59. The molecular formula is C18H15Cl2N3O5. The summed E-state index contributed by atoms with van der Waals surface area (Å²) in [5.41, 5.74) is 0.925. The molecule has 0 radical (unpaired) electrons. The van der Waals surface area contributed by atoms with Crippen molar-refractivity contribution in [3.05, 3.63) is 58.6 Å². The molecule has 8 nitrogen and oxygen atoms in total. The predicted molar refractivity (Wildman–Crippen MR) is 104 cm³/mol. The first-order chi connectivity index (χ1) is 13.3. The van der Waals surface area contributed by atoms with Crippen molar-refractivity contribution in [1.29, 1.82) is 0 Å². The van der Waals surface area contributed by atoms with Crippen LogP contribution in [0.5, 0.6) is 0 Å². The van der Waals surface area contributed by atoms with Gasteiger partial charge in [0, 0.05) is 11.4 Å². The third-order valence-corrected chi connectivity index (χ3v) is 4.79. The Bertz CT molecular complexity index is 909. The summed E-state index contributed by atoms with van der Waals surface area (Å²) >= 11 is 11.7. The highest BCUT2D eigenvalue weighted by Crippen LogP contribution is 2.26. The first-order valence-electron chi connectivity index (χ1n) is 8.13. The molecule has 2 aromatic rings. The van der Waals surface area contributed by atoms with Crippen molar-refractivity contribution in [3.8, 4) is 0 Å². The average Bonchev–Trinajstić information content (AvgIpc) is 2.94. The summed E-state index contributed by atoms with van der Waals surface area (Å²) in [5, 5.41) is 14.5. The summed E-state index contributed by atoms with van der Waals surface area (Å²) in [4.78, 5) is 37.4. The van der Waals surface area contributed by atoms with Crippen LogP contribution in [0.15, 0.2) is 48.5 Å². The van der Waals surface area contributed by atoms with Gasteiger partial charge in [-0.2, -0.15) is 0 Å². The molecule has 3 amide bonds. The number of carboxylic acid groups (broad SMARTS) is 1. The molecule has 0 saturated carbocycles. The quantitative estimate of drug-likeness (QED) is 0.651. The minimum atomic E-state index is -1.54. The molecule has 2 atom stereocenters. The smallest absolute Gasteiger partial charge is 0.450 e. The van der Waals surface area contributed by atoms with Crippen molar-refractivity contribution in [3.63, 3.8) is 0 Å². The molecule has 1 fully saturated rings. The molecule has 0 bridgehead atoms. The topological polar surface area (TPSA) is 108 Å². The number of rotatable bonds is 4. The molecular weight excluding hydrogens is 409 g/mol. The van der Waals surface area contributed by atoms with Crippen LogP contribution in [-0.4, -0.2) is 41.9 Å². The van der Waals surface area contributed by atoms with Gasteiger partial charge in [-0.3, -0.25) is 4.79 Å². The number of carbonyl (C=O) groups excluding carboxylic acids is 2. The highest BCUT2D eigenvalue weighted by atomic mass is 35.5. The number of hydrogen-bond acceptors (Lipinski definition) is 4.